The summed E-state index contributed by atoms with van der Waals surface area (Å²) in [4.78, 5) is 24.1. The molecule has 0 heterocycles. The van der Waals surface area contributed by atoms with Gasteiger partial charge in [-0.25, -0.2) is 0 Å². The number of benzene rings is 3. The largest absolute Gasteiger partial charge is 0.368 e. The quantitative estimate of drug-likeness (QED) is 0.702. The molecule has 3 rings (SSSR count). The number of fused-ring (bicyclic) bond motifs is 1. The summed E-state index contributed by atoms with van der Waals surface area (Å²) in [6.45, 7) is 0. The second kappa shape index (κ2) is 8.02. The van der Waals surface area contributed by atoms with E-state index >= 15 is 0 Å². The molecule has 3 aromatic carbocycles. The molecule has 0 unspecified atom stereocenters. The Hall–Kier alpha value is -2.85. The van der Waals surface area contributed by atoms with Gasteiger partial charge in [0.1, 0.15) is 6.04 Å². The van der Waals surface area contributed by atoms with Crippen LogP contribution in [0.5, 0.6) is 0 Å². The van der Waals surface area contributed by atoms with Crippen LogP contribution in [-0.2, 0) is 22.4 Å². The third-order valence-corrected chi connectivity index (χ3v) is 4.46. The van der Waals surface area contributed by atoms with Crippen LogP contribution in [0.2, 0.25) is 5.02 Å². The summed E-state index contributed by atoms with van der Waals surface area (Å²) in [5, 5.41) is 5.54. The first-order valence-corrected chi connectivity index (χ1v) is 8.70. The van der Waals surface area contributed by atoms with E-state index < -0.39 is 11.9 Å². The van der Waals surface area contributed by atoms with E-state index in [0.717, 1.165) is 21.9 Å². The average molecular weight is 367 g/mol. The van der Waals surface area contributed by atoms with E-state index in [9.17, 15) is 9.59 Å². The Kier molecular flexibility index (Phi) is 5.54. The number of nitrogens with one attached hydrogen (secondary N) is 1. The Morgan fingerprint density at radius 2 is 1.58 bits per heavy atom. The van der Waals surface area contributed by atoms with E-state index in [1.165, 1.54) is 0 Å². The molecular formula is C21H19ClN2O2. The fraction of sp³-hybridized carbons (Fsp3) is 0.143. The molecule has 5 heteroatoms. The highest BCUT2D eigenvalue weighted by molar-refractivity contribution is 6.30. The molecule has 4 nitrogen and oxygen atoms in total. The third kappa shape index (κ3) is 4.61. The maximum absolute atomic E-state index is 12.4. The SMILES string of the molecule is NC(=O)[C@@H](Cc1ccc(Cl)cc1)NC(=O)Cc1ccc2ccccc2c1. The van der Waals surface area contributed by atoms with Crippen LogP contribution in [0.25, 0.3) is 10.8 Å². The van der Waals surface area contributed by atoms with Gasteiger partial charge in [0.05, 0.1) is 6.42 Å². The Morgan fingerprint density at radius 1 is 0.923 bits per heavy atom. The van der Waals surface area contributed by atoms with E-state index in [2.05, 4.69) is 5.32 Å². The zero-order valence-corrected chi connectivity index (χ0v) is 14.9. The summed E-state index contributed by atoms with van der Waals surface area (Å²) >= 11 is 5.87. The van der Waals surface area contributed by atoms with E-state index in [-0.39, 0.29) is 12.3 Å². The van der Waals surface area contributed by atoms with E-state index in [4.69, 9.17) is 17.3 Å². The number of amides is 2. The van der Waals surface area contributed by atoms with E-state index in [1.807, 2.05) is 54.6 Å². The summed E-state index contributed by atoms with van der Waals surface area (Å²) in [5.74, 6) is -0.801. The number of primary amides is 1. The molecule has 0 aliphatic heterocycles. The van der Waals surface area contributed by atoms with Crippen molar-refractivity contribution < 1.29 is 9.59 Å². The zero-order chi connectivity index (χ0) is 18.5. The lowest BCUT2D eigenvalue weighted by molar-refractivity contribution is -0.127. The van der Waals surface area contributed by atoms with Gasteiger partial charge in [-0.2, -0.15) is 0 Å². The van der Waals surface area contributed by atoms with Crippen LogP contribution in [0.1, 0.15) is 11.1 Å². The third-order valence-electron chi connectivity index (χ3n) is 4.21. The monoisotopic (exact) mass is 366 g/mol. The minimum Gasteiger partial charge on any atom is -0.368 e. The first-order valence-electron chi connectivity index (χ1n) is 8.32. The van der Waals surface area contributed by atoms with Crippen LogP contribution in [0.3, 0.4) is 0 Å². The second-order valence-corrected chi connectivity index (χ2v) is 6.65. The summed E-state index contributed by atoms with van der Waals surface area (Å²) in [6, 6.07) is 20.2. The predicted molar refractivity (Wildman–Crippen MR) is 104 cm³/mol. The Balaban J connectivity index is 1.67. The van der Waals surface area contributed by atoms with Gasteiger partial charge in [0, 0.05) is 11.4 Å². The lowest BCUT2D eigenvalue weighted by atomic mass is 10.0. The van der Waals surface area contributed by atoms with Crippen molar-refractivity contribution in [2.24, 2.45) is 5.73 Å². The van der Waals surface area contributed by atoms with Gasteiger partial charge < -0.3 is 11.1 Å². The Bertz CT molecular complexity index is 938. The van der Waals surface area contributed by atoms with Gasteiger partial charge in [0.15, 0.2) is 0 Å². The van der Waals surface area contributed by atoms with Crippen molar-refractivity contribution in [1.82, 2.24) is 5.32 Å². The van der Waals surface area contributed by atoms with Crippen molar-refractivity contribution >= 4 is 34.2 Å². The number of rotatable bonds is 6. The van der Waals surface area contributed by atoms with Crippen LogP contribution in [0.4, 0.5) is 0 Å². The zero-order valence-electron chi connectivity index (χ0n) is 14.1. The molecule has 0 aromatic heterocycles. The lowest BCUT2D eigenvalue weighted by Gasteiger charge is -2.16. The molecule has 0 aliphatic carbocycles. The standard InChI is InChI=1S/C21H19ClN2O2/c22-18-9-6-14(7-10-18)12-19(21(23)26)24-20(25)13-15-5-8-16-3-1-2-4-17(16)11-15/h1-11,19H,12-13H2,(H2,23,26)(H,24,25)/t19-/m1/s1. The van der Waals surface area contributed by atoms with Gasteiger partial charge in [0.25, 0.3) is 0 Å². The van der Waals surface area contributed by atoms with Crippen LogP contribution in [0.15, 0.2) is 66.7 Å². The first-order chi connectivity index (χ1) is 12.5. The van der Waals surface area contributed by atoms with Crippen LogP contribution in [-0.4, -0.2) is 17.9 Å². The summed E-state index contributed by atoms with van der Waals surface area (Å²) in [6.07, 6.45) is 0.519. The molecule has 0 saturated carbocycles. The van der Waals surface area contributed by atoms with Gasteiger partial charge in [-0.05, 0) is 34.0 Å². The van der Waals surface area contributed by atoms with Crippen molar-refractivity contribution in [1.29, 1.82) is 0 Å². The van der Waals surface area contributed by atoms with Crippen LogP contribution in [0, 0.1) is 0 Å². The smallest absolute Gasteiger partial charge is 0.240 e. The number of carbonyl (C=O) groups is 2. The molecule has 0 aliphatic rings. The molecule has 1 atom stereocenters. The van der Waals surface area contributed by atoms with Crippen molar-refractivity contribution in [2.45, 2.75) is 18.9 Å². The summed E-state index contributed by atoms with van der Waals surface area (Å²) in [5.41, 5.74) is 7.21. The Morgan fingerprint density at radius 3 is 2.27 bits per heavy atom. The molecule has 0 spiro atoms. The molecule has 3 N–H and O–H groups in total. The molecule has 3 aromatic rings. The average Bonchev–Trinajstić information content (AvgIpc) is 2.62. The molecule has 0 bridgehead atoms. The molecule has 0 fully saturated rings. The molecule has 0 saturated heterocycles. The molecule has 26 heavy (non-hydrogen) atoms. The van der Waals surface area contributed by atoms with Crippen molar-refractivity contribution in [3.63, 3.8) is 0 Å². The van der Waals surface area contributed by atoms with Crippen molar-refractivity contribution in [3.8, 4) is 0 Å². The fourth-order valence-electron chi connectivity index (χ4n) is 2.86. The van der Waals surface area contributed by atoms with Gasteiger partial charge in [-0.3, -0.25) is 9.59 Å². The van der Waals surface area contributed by atoms with Crippen molar-refractivity contribution in [3.05, 3.63) is 82.9 Å². The minimum absolute atomic E-state index is 0.190. The number of hydrogen-bond acceptors (Lipinski definition) is 2. The maximum Gasteiger partial charge on any atom is 0.240 e. The molecule has 0 radical (unpaired) electrons. The summed E-state index contributed by atoms with van der Waals surface area (Å²) in [7, 11) is 0. The van der Waals surface area contributed by atoms with Gasteiger partial charge in [0.2, 0.25) is 11.8 Å². The van der Waals surface area contributed by atoms with Gasteiger partial charge in [-0.15, -0.1) is 0 Å². The van der Waals surface area contributed by atoms with Crippen LogP contribution >= 0.6 is 11.6 Å². The highest BCUT2D eigenvalue weighted by Gasteiger charge is 2.18. The molecule has 2 amide bonds. The lowest BCUT2D eigenvalue weighted by Crippen LogP contribution is -2.46. The predicted octanol–water partition coefficient (Wildman–Crippen LogP) is 3.25. The molecular weight excluding hydrogens is 348 g/mol. The fourth-order valence-corrected chi connectivity index (χ4v) is 2.98. The van der Waals surface area contributed by atoms with Crippen LogP contribution < -0.4 is 11.1 Å². The number of hydrogen-bond donors (Lipinski definition) is 2. The molecule has 132 valence electrons. The van der Waals surface area contributed by atoms with E-state index in [1.54, 1.807) is 12.1 Å². The summed E-state index contributed by atoms with van der Waals surface area (Å²) < 4.78 is 0. The number of nitrogens with two attached hydrogens (primary N) is 1. The second-order valence-electron chi connectivity index (χ2n) is 6.21. The highest BCUT2D eigenvalue weighted by atomic mass is 35.5. The van der Waals surface area contributed by atoms with Gasteiger partial charge >= 0.3 is 0 Å². The number of carbonyl (C=O) groups excluding carboxylic acids is 2. The number of halogens is 1. The normalized spacial score (nSPS) is 11.9. The topological polar surface area (TPSA) is 72.2 Å². The minimum atomic E-state index is -0.760. The van der Waals surface area contributed by atoms with Gasteiger partial charge in [-0.1, -0.05) is 66.2 Å². The maximum atomic E-state index is 12.4. The highest BCUT2D eigenvalue weighted by Crippen LogP contribution is 2.16. The van der Waals surface area contributed by atoms with Crippen molar-refractivity contribution in [2.75, 3.05) is 0 Å². The Labute approximate surface area is 157 Å². The first kappa shape index (κ1) is 18.0. The van der Waals surface area contributed by atoms with E-state index in [0.29, 0.717) is 11.4 Å².